The Bertz CT molecular complexity index is 1060. The van der Waals surface area contributed by atoms with E-state index in [0.717, 1.165) is 37.9 Å². The average molecular weight is 447 g/mol. The van der Waals surface area contributed by atoms with Crippen molar-refractivity contribution in [2.75, 3.05) is 25.1 Å². The van der Waals surface area contributed by atoms with Crippen molar-refractivity contribution in [3.8, 4) is 17.4 Å². The van der Waals surface area contributed by atoms with Gasteiger partial charge in [0, 0.05) is 44.0 Å². The third-order valence-electron chi connectivity index (χ3n) is 5.97. The van der Waals surface area contributed by atoms with Crippen LogP contribution in [-0.2, 0) is 17.8 Å². The second-order valence-corrected chi connectivity index (χ2v) is 8.12. The van der Waals surface area contributed by atoms with E-state index in [4.69, 9.17) is 9.47 Å². The van der Waals surface area contributed by atoms with Gasteiger partial charge in [0.2, 0.25) is 5.91 Å². The number of carbonyl (C=O) groups is 1. The van der Waals surface area contributed by atoms with Crippen molar-refractivity contribution in [1.82, 2.24) is 15.3 Å². The normalized spacial score (nSPS) is 14.1. The number of nitrogens with zero attached hydrogens (tertiary/aromatic N) is 3. The average Bonchev–Trinajstić information content (AvgIpc) is 2.88. The molecule has 1 N–H and O–H groups in total. The van der Waals surface area contributed by atoms with Crippen LogP contribution in [0.5, 0.6) is 17.4 Å². The van der Waals surface area contributed by atoms with Gasteiger partial charge in [0.15, 0.2) is 5.82 Å². The third kappa shape index (κ3) is 5.80. The predicted molar refractivity (Wildman–Crippen MR) is 128 cm³/mol. The lowest BCUT2D eigenvalue weighted by atomic mass is 9.96. The fraction of sp³-hybridized carbons (Fsp3) is 0.346. The fourth-order valence-electron chi connectivity index (χ4n) is 3.96. The Kier molecular flexibility index (Phi) is 7.40. The van der Waals surface area contributed by atoms with Gasteiger partial charge in [-0.1, -0.05) is 37.3 Å². The third-order valence-corrected chi connectivity index (χ3v) is 5.97. The summed E-state index contributed by atoms with van der Waals surface area (Å²) in [5.41, 5.74) is 2.42. The maximum absolute atomic E-state index is 12.7. The Morgan fingerprint density at radius 1 is 1.03 bits per heavy atom. The van der Waals surface area contributed by atoms with Gasteiger partial charge in [0.05, 0.1) is 7.11 Å². The molecule has 1 aliphatic heterocycles. The summed E-state index contributed by atoms with van der Waals surface area (Å²) in [6.45, 7) is 4.14. The Labute approximate surface area is 194 Å². The minimum Gasteiger partial charge on any atom is -0.497 e. The number of hydrogen-bond donors (Lipinski definition) is 1. The van der Waals surface area contributed by atoms with Crippen LogP contribution in [0.2, 0.25) is 0 Å². The molecule has 2 heterocycles. The van der Waals surface area contributed by atoms with Crippen molar-refractivity contribution in [3.05, 3.63) is 72.1 Å². The van der Waals surface area contributed by atoms with Gasteiger partial charge in [-0.25, -0.2) is 9.97 Å². The Morgan fingerprint density at radius 2 is 1.73 bits per heavy atom. The highest BCUT2D eigenvalue weighted by atomic mass is 16.5. The quantitative estimate of drug-likeness (QED) is 0.554. The molecule has 1 aromatic heterocycles. The molecule has 1 aliphatic rings. The summed E-state index contributed by atoms with van der Waals surface area (Å²) in [4.78, 5) is 23.7. The molecule has 0 unspecified atom stereocenters. The maximum Gasteiger partial charge on any atom is 0.263 e. The lowest BCUT2D eigenvalue weighted by Crippen LogP contribution is -2.40. The predicted octanol–water partition coefficient (Wildman–Crippen LogP) is 4.37. The largest absolute Gasteiger partial charge is 0.497 e. The molecule has 0 bridgehead atoms. The molecule has 3 aromatic rings. The summed E-state index contributed by atoms with van der Waals surface area (Å²) >= 11 is 0. The first kappa shape index (κ1) is 22.6. The van der Waals surface area contributed by atoms with E-state index in [2.05, 4.69) is 51.4 Å². The number of hydrogen-bond acceptors (Lipinski definition) is 6. The van der Waals surface area contributed by atoms with Crippen LogP contribution in [0, 0.1) is 5.92 Å². The zero-order valence-electron chi connectivity index (χ0n) is 19.2. The highest BCUT2D eigenvalue weighted by Gasteiger charge is 2.27. The number of nitrogens with one attached hydrogen (secondary N) is 1. The number of aryl methyl sites for hydroxylation is 1. The van der Waals surface area contributed by atoms with Gasteiger partial charge in [0.1, 0.15) is 11.5 Å². The lowest BCUT2D eigenvalue weighted by molar-refractivity contribution is -0.125. The van der Waals surface area contributed by atoms with Crippen molar-refractivity contribution in [1.29, 1.82) is 0 Å². The summed E-state index contributed by atoms with van der Waals surface area (Å²) in [6.07, 6.45) is 5.82. The van der Waals surface area contributed by atoms with E-state index in [1.54, 1.807) is 19.5 Å². The summed E-state index contributed by atoms with van der Waals surface area (Å²) in [5.74, 6) is 2.60. The van der Waals surface area contributed by atoms with E-state index in [1.165, 1.54) is 5.56 Å². The van der Waals surface area contributed by atoms with Crippen molar-refractivity contribution >= 4 is 11.7 Å². The lowest BCUT2D eigenvalue weighted by Gasteiger charge is -2.32. The molecule has 33 heavy (non-hydrogen) atoms. The van der Waals surface area contributed by atoms with Crippen molar-refractivity contribution in [2.24, 2.45) is 5.92 Å². The molecule has 1 saturated heterocycles. The van der Waals surface area contributed by atoms with Crippen LogP contribution in [-0.4, -0.2) is 36.1 Å². The topological polar surface area (TPSA) is 76.6 Å². The Morgan fingerprint density at radius 3 is 2.45 bits per heavy atom. The first-order valence-corrected chi connectivity index (χ1v) is 11.4. The second kappa shape index (κ2) is 10.8. The number of piperidine rings is 1. The number of benzene rings is 2. The van der Waals surface area contributed by atoms with Gasteiger partial charge < -0.3 is 19.7 Å². The van der Waals surface area contributed by atoms with Gasteiger partial charge in [-0.15, -0.1) is 0 Å². The van der Waals surface area contributed by atoms with Crippen LogP contribution in [0.25, 0.3) is 0 Å². The standard InChI is InChI=1S/C26H30N4O3/c1-3-19-7-9-20(10-8-19)18-29-25(31)21-11-15-30(16-12-21)24-26(28-14-13-27-24)33-23-6-4-5-22(17-23)32-2/h4-10,13-14,17,21H,3,11-12,15-16,18H2,1-2H3,(H,29,31). The molecule has 0 aliphatic carbocycles. The SMILES string of the molecule is CCc1ccc(CNC(=O)C2CCN(c3nccnc3Oc3cccc(OC)c3)CC2)cc1. The highest BCUT2D eigenvalue weighted by molar-refractivity contribution is 5.79. The van der Waals surface area contributed by atoms with E-state index in [-0.39, 0.29) is 11.8 Å². The molecule has 0 saturated carbocycles. The summed E-state index contributed by atoms with van der Waals surface area (Å²) in [7, 11) is 1.62. The van der Waals surface area contributed by atoms with E-state index < -0.39 is 0 Å². The number of carbonyl (C=O) groups excluding carboxylic acids is 1. The number of ether oxygens (including phenoxy) is 2. The van der Waals surface area contributed by atoms with Gasteiger partial charge in [-0.05, 0) is 42.5 Å². The van der Waals surface area contributed by atoms with Crippen molar-refractivity contribution in [3.63, 3.8) is 0 Å². The number of anilines is 1. The molecule has 7 nitrogen and oxygen atoms in total. The molecule has 172 valence electrons. The summed E-state index contributed by atoms with van der Waals surface area (Å²) in [5, 5.41) is 3.09. The molecular weight excluding hydrogens is 416 g/mol. The molecule has 7 heteroatoms. The molecule has 0 radical (unpaired) electrons. The maximum atomic E-state index is 12.7. The van der Waals surface area contributed by atoms with Gasteiger partial charge in [0.25, 0.3) is 5.88 Å². The second-order valence-electron chi connectivity index (χ2n) is 8.12. The van der Waals surface area contributed by atoms with Crippen molar-refractivity contribution in [2.45, 2.75) is 32.7 Å². The molecule has 4 rings (SSSR count). The van der Waals surface area contributed by atoms with E-state index in [1.807, 2.05) is 24.3 Å². The minimum absolute atomic E-state index is 0.00408. The van der Waals surface area contributed by atoms with Crippen LogP contribution in [0.15, 0.2) is 60.9 Å². The summed E-state index contributed by atoms with van der Waals surface area (Å²) < 4.78 is 11.3. The molecule has 0 spiro atoms. The molecular formula is C26H30N4O3. The van der Waals surface area contributed by atoms with E-state index >= 15 is 0 Å². The summed E-state index contributed by atoms with van der Waals surface area (Å²) in [6, 6.07) is 15.8. The molecule has 1 fully saturated rings. The molecule has 1 amide bonds. The van der Waals surface area contributed by atoms with E-state index in [9.17, 15) is 4.79 Å². The van der Waals surface area contributed by atoms with Crippen LogP contribution in [0.3, 0.4) is 0 Å². The monoisotopic (exact) mass is 446 g/mol. The Balaban J connectivity index is 1.33. The number of aromatic nitrogens is 2. The fourth-order valence-corrected chi connectivity index (χ4v) is 3.96. The molecule has 2 aromatic carbocycles. The number of rotatable bonds is 8. The first-order valence-electron chi connectivity index (χ1n) is 11.4. The van der Waals surface area contributed by atoms with Gasteiger partial charge in [-0.3, -0.25) is 4.79 Å². The number of methoxy groups -OCH3 is 1. The zero-order chi connectivity index (χ0) is 23.0. The Hall–Kier alpha value is -3.61. The molecule has 0 atom stereocenters. The van der Waals surface area contributed by atoms with E-state index in [0.29, 0.717) is 29.7 Å². The van der Waals surface area contributed by atoms with Crippen LogP contribution in [0.1, 0.15) is 30.9 Å². The van der Waals surface area contributed by atoms with Crippen LogP contribution >= 0.6 is 0 Å². The number of amides is 1. The smallest absolute Gasteiger partial charge is 0.263 e. The van der Waals surface area contributed by atoms with Gasteiger partial charge in [-0.2, -0.15) is 0 Å². The first-order chi connectivity index (χ1) is 16.2. The van der Waals surface area contributed by atoms with Crippen LogP contribution in [0.4, 0.5) is 5.82 Å². The van der Waals surface area contributed by atoms with Crippen LogP contribution < -0.4 is 19.7 Å². The van der Waals surface area contributed by atoms with Gasteiger partial charge >= 0.3 is 0 Å². The highest BCUT2D eigenvalue weighted by Crippen LogP contribution is 2.32. The zero-order valence-corrected chi connectivity index (χ0v) is 19.2. The minimum atomic E-state index is -0.00408. The van der Waals surface area contributed by atoms with Crippen molar-refractivity contribution < 1.29 is 14.3 Å².